The predicted molar refractivity (Wildman–Crippen MR) is 99.7 cm³/mol. The van der Waals surface area contributed by atoms with Crippen molar-refractivity contribution in [3.63, 3.8) is 0 Å². The molecule has 25 heavy (non-hydrogen) atoms. The molecule has 0 atom stereocenters. The SMILES string of the molecule is COc1cccc(CSc2nnc(-c3cccs3)n2CCC(N)=O)c1. The van der Waals surface area contributed by atoms with E-state index in [2.05, 4.69) is 10.2 Å². The van der Waals surface area contributed by atoms with Gasteiger partial charge in [-0.05, 0) is 29.1 Å². The van der Waals surface area contributed by atoms with Crippen molar-refractivity contribution in [2.75, 3.05) is 7.11 Å². The molecule has 1 amide bonds. The Labute approximate surface area is 154 Å². The summed E-state index contributed by atoms with van der Waals surface area (Å²) in [5.41, 5.74) is 6.44. The fourth-order valence-electron chi connectivity index (χ4n) is 2.32. The van der Waals surface area contributed by atoms with Crippen molar-refractivity contribution in [2.24, 2.45) is 5.73 Å². The molecule has 0 aliphatic heterocycles. The van der Waals surface area contributed by atoms with Gasteiger partial charge in [0.25, 0.3) is 0 Å². The maximum atomic E-state index is 11.2. The molecule has 0 radical (unpaired) electrons. The minimum atomic E-state index is -0.338. The molecule has 0 bridgehead atoms. The molecule has 2 aromatic heterocycles. The van der Waals surface area contributed by atoms with Crippen LogP contribution in [0.5, 0.6) is 5.75 Å². The Morgan fingerprint density at radius 1 is 1.32 bits per heavy atom. The van der Waals surface area contributed by atoms with E-state index in [-0.39, 0.29) is 12.3 Å². The summed E-state index contributed by atoms with van der Waals surface area (Å²) in [6.07, 6.45) is 0.253. The van der Waals surface area contributed by atoms with Gasteiger partial charge in [0.15, 0.2) is 11.0 Å². The van der Waals surface area contributed by atoms with Crippen LogP contribution in [-0.2, 0) is 17.1 Å². The summed E-state index contributed by atoms with van der Waals surface area (Å²) >= 11 is 3.17. The van der Waals surface area contributed by atoms with Gasteiger partial charge in [-0.25, -0.2) is 0 Å². The van der Waals surface area contributed by atoms with E-state index in [4.69, 9.17) is 10.5 Å². The molecule has 0 aliphatic carbocycles. The lowest BCUT2D eigenvalue weighted by atomic mass is 10.2. The molecular weight excluding hydrogens is 356 g/mol. The van der Waals surface area contributed by atoms with Crippen LogP contribution in [0.25, 0.3) is 10.7 Å². The van der Waals surface area contributed by atoms with Gasteiger partial charge in [-0.15, -0.1) is 21.5 Å². The maximum absolute atomic E-state index is 11.2. The Morgan fingerprint density at radius 2 is 2.20 bits per heavy atom. The van der Waals surface area contributed by atoms with Crippen LogP contribution in [-0.4, -0.2) is 27.8 Å². The van der Waals surface area contributed by atoms with Crippen molar-refractivity contribution >= 4 is 29.0 Å². The van der Waals surface area contributed by atoms with Gasteiger partial charge in [0.05, 0.1) is 12.0 Å². The monoisotopic (exact) mass is 374 g/mol. The Bertz CT molecular complexity index is 846. The van der Waals surface area contributed by atoms with Gasteiger partial charge >= 0.3 is 0 Å². The highest BCUT2D eigenvalue weighted by Gasteiger charge is 2.16. The van der Waals surface area contributed by atoms with Gasteiger partial charge < -0.3 is 15.0 Å². The summed E-state index contributed by atoms with van der Waals surface area (Å²) in [4.78, 5) is 12.2. The molecular formula is C17H18N4O2S2. The van der Waals surface area contributed by atoms with Gasteiger partial charge in [0, 0.05) is 18.7 Å². The normalized spacial score (nSPS) is 10.8. The molecule has 2 N–H and O–H groups in total. The lowest BCUT2D eigenvalue weighted by Gasteiger charge is -2.08. The first kappa shape index (κ1) is 17.5. The van der Waals surface area contributed by atoms with E-state index in [9.17, 15) is 4.79 Å². The zero-order chi connectivity index (χ0) is 17.6. The van der Waals surface area contributed by atoms with Crippen LogP contribution in [0.3, 0.4) is 0 Å². The van der Waals surface area contributed by atoms with Crippen molar-refractivity contribution in [2.45, 2.75) is 23.9 Å². The fourth-order valence-corrected chi connectivity index (χ4v) is 3.94. The standard InChI is InChI=1S/C17H18N4O2S2/c1-23-13-5-2-4-12(10-13)11-25-17-20-19-16(14-6-3-9-24-14)21(17)8-7-15(18)22/h2-6,9-10H,7-8,11H2,1H3,(H2,18,22). The number of nitrogens with two attached hydrogens (primary N) is 1. The van der Waals surface area contributed by atoms with Crippen molar-refractivity contribution in [1.29, 1.82) is 0 Å². The van der Waals surface area contributed by atoms with E-state index in [0.717, 1.165) is 32.9 Å². The number of hydrogen-bond acceptors (Lipinski definition) is 6. The molecule has 0 fully saturated rings. The minimum Gasteiger partial charge on any atom is -0.497 e. The molecule has 3 aromatic rings. The second-order valence-corrected chi connectivity index (χ2v) is 7.18. The highest BCUT2D eigenvalue weighted by molar-refractivity contribution is 7.98. The van der Waals surface area contributed by atoms with E-state index in [0.29, 0.717) is 6.54 Å². The molecule has 0 saturated heterocycles. The molecule has 0 unspecified atom stereocenters. The van der Waals surface area contributed by atoms with Crippen molar-refractivity contribution in [1.82, 2.24) is 14.8 Å². The zero-order valence-corrected chi connectivity index (χ0v) is 15.3. The number of aromatic nitrogens is 3. The molecule has 3 rings (SSSR count). The summed E-state index contributed by atoms with van der Waals surface area (Å²) in [5.74, 6) is 1.99. The number of rotatable bonds is 8. The topological polar surface area (TPSA) is 83.0 Å². The second-order valence-electron chi connectivity index (χ2n) is 5.29. The van der Waals surface area contributed by atoms with E-state index in [1.54, 1.807) is 30.2 Å². The van der Waals surface area contributed by atoms with Crippen LogP contribution in [0.1, 0.15) is 12.0 Å². The number of thiophene rings is 1. The largest absolute Gasteiger partial charge is 0.497 e. The van der Waals surface area contributed by atoms with E-state index in [1.807, 2.05) is 46.3 Å². The highest BCUT2D eigenvalue weighted by atomic mass is 32.2. The third kappa shape index (κ3) is 4.40. The first-order chi connectivity index (χ1) is 12.2. The third-order valence-electron chi connectivity index (χ3n) is 3.54. The molecule has 1 aromatic carbocycles. The summed E-state index contributed by atoms with van der Waals surface area (Å²) in [5, 5.41) is 11.4. The number of nitrogens with zero attached hydrogens (tertiary/aromatic N) is 3. The average Bonchev–Trinajstić information content (AvgIpc) is 3.27. The van der Waals surface area contributed by atoms with Crippen LogP contribution < -0.4 is 10.5 Å². The molecule has 130 valence electrons. The number of carbonyl (C=O) groups excluding carboxylic acids is 1. The van der Waals surface area contributed by atoms with Crippen molar-refractivity contribution in [3.8, 4) is 16.5 Å². The summed E-state index contributed by atoms with van der Waals surface area (Å²) in [6.45, 7) is 0.468. The molecule has 2 heterocycles. The Kier molecular flexibility index (Phi) is 5.72. The van der Waals surface area contributed by atoms with Crippen molar-refractivity contribution in [3.05, 3.63) is 47.3 Å². The molecule has 8 heteroatoms. The van der Waals surface area contributed by atoms with Crippen LogP contribution in [0.2, 0.25) is 0 Å². The number of primary amides is 1. The summed E-state index contributed by atoms with van der Waals surface area (Å²) < 4.78 is 7.22. The average molecular weight is 374 g/mol. The second kappa shape index (κ2) is 8.17. The van der Waals surface area contributed by atoms with Crippen LogP contribution in [0.15, 0.2) is 46.9 Å². The van der Waals surface area contributed by atoms with Gasteiger partial charge in [-0.1, -0.05) is 30.0 Å². The molecule has 6 nitrogen and oxygen atoms in total. The number of amides is 1. The summed E-state index contributed by atoms with van der Waals surface area (Å²) in [7, 11) is 1.65. The minimum absolute atomic E-state index is 0.253. The first-order valence-electron chi connectivity index (χ1n) is 7.68. The Hall–Kier alpha value is -2.32. The first-order valence-corrected chi connectivity index (χ1v) is 9.55. The van der Waals surface area contributed by atoms with Crippen LogP contribution in [0, 0.1) is 0 Å². The van der Waals surface area contributed by atoms with Crippen LogP contribution in [0.4, 0.5) is 0 Å². The molecule has 0 saturated carbocycles. The van der Waals surface area contributed by atoms with Gasteiger partial charge in [0.2, 0.25) is 5.91 Å². The van der Waals surface area contributed by atoms with E-state index >= 15 is 0 Å². The van der Waals surface area contributed by atoms with E-state index < -0.39 is 0 Å². The van der Waals surface area contributed by atoms with Crippen LogP contribution >= 0.6 is 23.1 Å². The maximum Gasteiger partial charge on any atom is 0.219 e. The lowest BCUT2D eigenvalue weighted by Crippen LogP contribution is -2.14. The Balaban J connectivity index is 1.81. The number of benzene rings is 1. The predicted octanol–water partition coefficient (Wildman–Crippen LogP) is 3.18. The number of methoxy groups -OCH3 is 1. The van der Waals surface area contributed by atoms with Gasteiger partial charge in [-0.3, -0.25) is 4.79 Å². The van der Waals surface area contributed by atoms with E-state index in [1.165, 1.54) is 0 Å². The Morgan fingerprint density at radius 3 is 2.92 bits per heavy atom. The highest BCUT2D eigenvalue weighted by Crippen LogP contribution is 2.29. The number of thioether (sulfide) groups is 1. The number of carbonyl (C=O) groups is 1. The smallest absolute Gasteiger partial charge is 0.219 e. The van der Waals surface area contributed by atoms with Gasteiger partial charge in [-0.2, -0.15) is 0 Å². The zero-order valence-electron chi connectivity index (χ0n) is 13.7. The summed E-state index contributed by atoms with van der Waals surface area (Å²) in [6, 6.07) is 11.9. The van der Waals surface area contributed by atoms with Crippen molar-refractivity contribution < 1.29 is 9.53 Å². The quantitative estimate of drug-likeness (QED) is 0.612. The molecule has 0 spiro atoms. The third-order valence-corrected chi connectivity index (χ3v) is 5.45. The molecule has 0 aliphatic rings. The lowest BCUT2D eigenvalue weighted by molar-refractivity contribution is -0.118. The van der Waals surface area contributed by atoms with Gasteiger partial charge in [0.1, 0.15) is 5.75 Å². The number of hydrogen-bond donors (Lipinski definition) is 1. The number of ether oxygens (including phenoxy) is 1. The fraction of sp³-hybridized carbons (Fsp3) is 0.235.